The molecule has 0 bridgehead atoms. The quantitative estimate of drug-likeness (QED) is 0.309. The highest BCUT2D eigenvalue weighted by atomic mass is 32.2. The van der Waals surface area contributed by atoms with Crippen molar-refractivity contribution in [3.63, 3.8) is 0 Å². The minimum Gasteiger partial charge on any atom is -0.294 e. The van der Waals surface area contributed by atoms with E-state index < -0.39 is 0 Å². The van der Waals surface area contributed by atoms with E-state index in [1.54, 1.807) is 0 Å². The van der Waals surface area contributed by atoms with E-state index in [0.29, 0.717) is 6.42 Å². The van der Waals surface area contributed by atoms with Gasteiger partial charge in [0.1, 0.15) is 0 Å². The maximum atomic E-state index is 11.8. The van der Waals surface area contributed by atoms with Crippen LogP contribution in [0.4, 0.5) is 0 Å². The van der Waals surface area contributed by atoms with Gasteiger partial charge in [-0.3, -0.25) is 4.79 Å². The smallest absolute Gasteiger partial charge is 0.162 e. The van der Waals surface area contributed by atoms with Crippen LogP contribution in [0.1, 0.15) is 69.2 Å². The molecule has 1 aromatic rings. The largest absolute Gasteiger partial charge is 0.294 e. The first kappa shape index (κ1) is 16.3. The molecule has 1 rings (SSSR count). The zero-order chi connectivity index (χ0) is 13.9. The minimum absolute atomic E-state index is 0.279. The molecule has 2 heteroatoms. The number of carbonyl (C=O) groups is 1. The van der Waals surface area contributed by atoms with Gasteiger partial charge in [-0.05, 0) is 30.7 Å². The summed E-state index contributed by atoms with van der Waals surface area (Å²) < 4.78 is 0. The van der Waals surface area contributed by atoms with Gasteiger partial charge in [-0.2, -0.15) is 0 Å². The average molecular weight is 278 g/mol. The number of thioether (sulfide) groups is 1. The number of Topliss-reactive ketones (excluding diaryl/α,β-unsaturated/α-hetero) is 1. The van der Waals surface area contributed by atoms with E-state index in [-0.39, 0.29) is 5.78 Å². The third-order valence-corrected chi connectivity index (χ3v) is 4.30. The molecule has 0 fully saturated rings. The molecular formula is C17H26OS. The Hall–Kier alpha value is -0.760. The normalized spacial score (nSPS) is 10.6. The fourth-order valence-corrected chi connectivity index (χ4v) is 2.85. The van der Waals surface area contributed by atoms with Crippen molar-refractivity contribution in [3.8, 4) is 0 Å². The summed E-state index contributed by atoms with van der Waals surface area (Å²) in [6.45, 7) is 4.35. The van der Waals surface area contributed by atoms with Crippen molar-refractivity contribution in [2.24, 2.45) is 0 Å². The maximum absolute atomic E-state index is 11.8. The van der Waals surface area contributed by atoms with Crippen molar-refractivity contribution in [1.82, 2.24) is 0 Å². The number of hydrogen-bond acceptors (Lipinski definition) is 2. The Labute approximate surface area is 122 Å². The highest BCUT2D eigenvalue weighted by Gasteiger charge is 2.04. The predicted molar refractivity (Wildman–Crippen MR) is 85.2 cm³/mol. The molecular weight excluding hydrogens is 252 g/mol. The monoisotopic (exact) mass is 278 g/mol. The fourth-order valence-electron chi connectivity index (χ4n) is 1.94. The van der Waals surface area contributed by atoms with Crippen molar-refractivity contribution >= 4 is 17.5 Å². The molecule has 0 aliphatic carbocycles. The molecule has 0 atom stereocenters. The van der Waals surface area contributed by atoms with Gasteiger partial charge in [0.15, 0.2) is 5.78 Å². The van der Waals surface area contributed by atoms with Gasteiger partial charge in [-0.1, -0.05) is 51.7 Å². The Morgan fingerprint density at radius 2 is 1.63 bits per heavy atom. The Morgan fingerprint density at radius 1 is 0.947 bits per heavy atom. The summed E-state index contributed by atoms with van der Waals surface area (Å²) in [6, 6.07) is 8.13. The Morgan fingerprint density at radius 3 is 2.26 bits per heavy atom. The first-order valence-corrected chi connectivity index (χ1v) is 8.52. The zero-order valence-corrected chi connectivity index (χ0v) is 13.1. The fraction of sp³-hybridized carbons (Fsp3) is 0.588. The second-order valence-electron chi connectivity index (χ2n) is 4.96. The molecule has 1 nitrogen and oxygen atoms in total. The molecule has 0 radical (unpaired) electrons. The summed E-state index contributed by atoms with van der Waals surface area (Å²) in [5.74, 6) is 1.46. The van der Waals surface area contributed by atoms with Crippen LogP contribution in [0.25, 0.3) is 0 Å². The van der Waals surface area contributed by atoms with Crippen molar-refractivity contribution in [1.29, 1.82) is 0 Å². The average Bonchev–Trinajstić information content (AvgIpc) is 2.45. The number of carbonyl (C=O) groups excluding carboxylic acids is 1. The summed E-state index contributed by atoms with van der Waals surface area (Å²) in [6.07, 6.45) is 8.00. The lowest BCUT2D eigenvalue weighted by Crippen LogP contribution is -1.98. The lowest BCUT2D eigenvalue weighted by molar-refractivity contribution is 0.0979. The Balaban J connectivity index is 2.32. The third kappa shape index (κ3) is 6.81. The van der Waals surface area contributed by atoms with Crippen molar-refractivity contribution in [2.75, 3.05) is 5.75 Å². The maximum Gasteiger partial charge on any atom is 0.162 e. The zero-order valence-electron chi connectivity index (χ0n) is 12.3. The molecule has 1 aromatic carbocycles. The number of unbranched alkanes of at least 4 members (excludes halogenated alkanes) is 4. The summed E-state index contributed by atoms with van der Waals surface area (Å²) in [5.41, 5.74) is 0.865. The summed E-state index contributed by atoms with van der Waals surface area (Å²) in [7, 11) is 0. The van der Waals surface area contributed by atoms with E-state index in [9.17, 15) is 4.79 Å². The molecule has 0 N–H and O–H groups in total. The second-order valence-corrected chi connectivity index (χ2v) is 6.13. The molecule has 0 saturated carbocycles. The van der Waals surface area contributed by atoms with E-state index in [0.717, 1.165) is 18.4 Å². The van der Waals surface area contributed by atoms with Crippen LogP contribution < -0.4 is 0 Å². The van der Waals surface area contributed by atoms with E-state index in [1.807, 2.05) is 23.9 Å². The van der Waals surface area contributed by atoms with Gasteiger partial charge in [0, 0.05) is 16.9 Å². The number of hydrogen-bond donors (Lipinski definition) is 0. The van der Waals surface area contributed by atoms with Gasteiger partial charge < -0.3 is 0 Å². The van der Waals surface area contributed by atoms with Gasteiger partial charge in [0.2, 0.25) is 0 Å². The predicted octanol–water partition coefficient (Wildman–Crippen LogP) is 5.73. The molecule has 0 aliphatic rings. The summed E-state index contributed by atoms with van der Waals surface area (Å²) >= 11 is 1.90. The number of benzene rings is 1. The van der Waals surface area contributed by atoms with Crippen LogP contribution in [0, 0.1) is 0 Å². The minimum atomic E-state index is 0.279. The first-order valence-electron chi connectivity index (χ1n) is 7.54. The number of rotatable bonds is 10. The summed E-state index contributed by atoms with van der Waals surface area (Å²) in [5, 5.41) is 0. The SMILES string of the molecule is CCCCCCSc1ccc(C(=O)CCCC)cc1. The van der Waals surface area contributed by atoms with Crippen LogP contribution in [0.5, 0.6) is 0 Å². The highest BCUT2D eigenvalue weighted by molar-refractivity contribution is 7.99. The lowest BCUT2D eigenvalue weighted by Gasteiger charge is -2.04. The van der Waals surface area contributed by atoms with Crippen LogP contribution in [-0.2, 0) is 0 Å². The third-order valence-electron chi connectivity index (χ3n) is 3.20. The second kappa shape index (κ2) is 10.1. The van der Waals surface area contributed by atoms with Gasteiger partial charge >= 0.3 is 0 Å². The number of ketones is 1. The Kier molecular flexibility index (Phi) is 8.64. The highest BCUT2D eigenvalue weighted by Crippen LogP contribution is 2.21. The van der Waals surface area contributed by atoms with Crippen LogP contribution in [0.3, 0.4) is 0 Å². The topological polar surface area (TPSA) is 17.1 Å². The molecule has 0 aliphatic heterocycles. The van der Waals surface area contributed by atoms with Gasteiger partial charge in [-0.15, -0.1) is 11.8 Å². The summed E-state index contributed by atoms with van der Waals surface area (Å²) in [4.78, 5) is 13.1. The van der Waals surface area contributed by atoms with E-state index in [4.69, 9.17) is 0 Å². The van der Waals surface area contributed by atoms with Crippen LogP contribution in [0.2, 0.25) is 0 Å². The molecule has 0 spiro atoms. The Bertz CT molecular complexity index is 356. The molecule has 19 heavy (non-hydrogen) atoms. The van der Waals surface area contributed by atoms with Crippen molar-refractivity contribution < 1.29 is 4.79 Å². The van der Waals surface area contributed by atoms with Crippen LogP contribution >= 0.6 is 11.8 Å². The van der Waals surface area contributed by atoms with Crippen molar-refractivity contribution in [3.05, 3.63) is 29.8 Å². The van der Waals surface area contributed by atoms with E-state index >= 15 is 0 Å². The molecule has 0 heterocycles. The lowest BCUT2D eigenvalue weighted by atomic mass is 10.1. The van der Waals surface area contributed by atoms with Gasteiger partial charge in [0.05, 0.1) is 0 Å². The molecule has 0 unspecified atom stereocenters. The standard InChI is InChI=1S/C17H26OS/c1-3-5-7-8-14-19-16-12-10-15(11-13-16)17(18)9-6-4-2/h10-13H,3-9,14H2,1-2H3. The van der Waals surface area contributed by atoms with Crippen LogP contribution in [-0.4, -0.2) is 11.5 Å². The van der Waals surface area contributed by atoms with Crippen LogP contribution in [0.15, 0.2) is 29.2 Å². The van der Waals surface area contributed by atoms with E-state index in [2.05, 4.69) is 26.0 Å². The molecule has 0 saturated heterocycles. The van der Waals surface area contributed by atoms with Crippen molar-refractivity contribution in [2.45, 2.75) is 63.7 Å². The van der Waals surface area contributed by atoms with E-state index in [1.165, 1.54) is 36.3 Å². The molecule has 106 valence electrons. The molecule has 0 amide bonds. The molecule has 0 aromatic heterocycles. The van der Waals surface area contributed by atoms with Gasteiger partial charge in [-0.25, -0.2) is 0 Å². The first-order chi connectivity index (χ1) is 9.27. The van der Waals surface area contributed by atoms with Gasteiger partial charge in [0.25, 0.3) is 0 Å².